The average Bonchev–Trinajstić information content (AvgIpc) is 2.54. The van der Waals surface area contributed by atoms with Crippen molar-refractivity contribution in [2.45, 2.75) is 19.6 Å². The number of hydrogen-bond donors (Lipinski definition) is 1. The summed E-state index contributed by atoms with van der Waals surface area (Å²) in [5.74, 6) is 0.421. The Balaban J connectivity index is 1.67. The number of aromatic nitrogens is 2. The van der Waals surface area contributed by atoms with Crippen LogP contribution in [0.1, 0.15) is 12.5 Å². The second-order valence-electron chi connectivity index (χ2n) is 5.52. The van der Waals surface area contributed by atoms with Crippen molar-refractivity contribution in [3.8, 4) is 6.01 Å². The van der Waals surface area contributed by atoms with Crippen molar-refractivity contribution in [3.05, 3.63) is 46.9 Å². The van der Waals surface area contributed by atoms with Crippen LogP contribution in [0, 0.1) is 5.82 Å². The molecule has 0 radical (unpaired) electrons. The minimum atomic E-state index is -0.399. The average molecular weight is 337 g/mol. The molecule has 1 atom stereocenters. The van der Waals surface area contributed by atoms with Gasteiger partial charge in [-0.25, -0.2) is 9.37 Å². The summed E-state index contributed by atoms with van der Waals surface area (Å²) in [6.45, 7) is 4.87. The highest BCUT2D eigenvalue weighted by molar-refractivity contribution is 6.30. The number of hydrogen-bond acceptors (Lipinski definition) is 5. The van der Waals surface area contributed by atoms with Gasteiger partial charge < -0.3 is 15.0 Å². The van der Waals surface area contributed by atoms with Crippen LogP contribution >= 0.6 is 11.6 Å². The molecule has 1 unspecified atom stereocenters. The van der Waals surface area contributed by atoms with E-state index in [1.807, 2.05) is 6.07 Å². The summed E-state index contributed by atoms with van der Waals surface area (Å²) >= 11 is 5.74. The summed E-state index contributed by atoms with van der Waals surface area (Å²) in [6.07, 6.45) is 1.66. The third kappa shape index (κ3) is 4.09. The zero-order valence-corrected chi connectivity index (χ0v) is 13.6. The van der Waals surface area contributed by atoms with E-state index in [-0.39, 0.29) is 12.6 Å². The number of nitrogens with zero attached hydrogens (tertiary/aromatic N) is 3. The van der Waals surface area contributed by atoms with Crippen molar-refractivity contribution in [2.24, 2.45) is 0 Å². The van der Waals surface area contributed by atoms with Gasteiger partial charge in [0.15, 0.2) is 0 Å². The quantitative estimate of drug-likeness (QED) is 0.930. The molecule has 1 N–H and O–H groups in total. The van der Waals surface area contributed by atoms with Gasteiger partial charge in [0.25, 0.3) is 0 Å². The van der Waals surface area contributed by atoms with Crippen LogP contribution in [-0.4, -0.2) is 35.6 Å². The Hall–Kier alpha value is -1.92. The van der Waals surface area contributed by atoms with E-state index in [0.29, 0.717) is 16.6 Å². The standard InChI is InChI=1S/C16H18ClFN4O/c1-11-9-22(7-6-19-11)15-4-5-20-16(21-15)23-10-12-2-3-13(17)8-14(12)18/h2-5,8,11,19H,6-7,9-10H2,1H3. The molecular formula is C16H18ClFN4O. The fraction of sp³-hybridized carbons (Fsp3) is 0.375. The van der Waals surface area contributed by atoms with Crippen molar-refractivity contribution in [2.75, 3.05) is 24.5 Å². The van der Waals surface area contributed by atoms with Crippen LogP contribution in [0.2, 0.25) is 5.02 Å². The molecule has 1 fully saturated rings. The Kier molecular flexibility index (Phi) is 4.93. The molecule has 23 heavy (non-hydrogen) atoms. The first kappa shape index (κ1) is 16.0. The number of piperazine rings is 1. The molecule has 1 aliphatic rings. The number of rotatable bonds is 4. The molecule has 1 saturated heterocycles. The predicted octanol–water partition coefficient (Wildman–Crippen LogP) is 2.65. The summed E-state index contributed by atoms with van der Waals surface area (Å²) in [4.78, 5) is 10.7. The molecule has 7 heteroatoms. The van der Waals surface area contributed by atoms with Gasteiger partial charge in [-0.05, 0) is 25.1 Å². The lowest BCUT2D eigenvalue weighted by atomic mass is 10.2. The maximum atomic E-state index is 13.7. The first-order valence-electron chi connectivity index (χ1n) is 7.50. The fourth-order valence-corrected chi connectivity index (χ4v) is 2.66. The zero-order chi connectivity index (χ0) is 16.2. The molecule has 1 aromatic heterocycles. The molecule has 0 saturated carbocycles. The number of nitrogens with one attached hydrogen (secondary N) is 1. The molecule has 0 aliphatic carbocycles. The Morgan fingerprint density at radius 3 is 3.09 bits per heavy atom. The van der Waals surface area contributed by atoms with E-state index in [0.717, 1.165) is 25.5 Å². The van der Waals surface area contributed by atoms with E-state index >= 15 is 0 Å². The number of benzene rings is 1. The third-order valence-electron chi connectivity index (χ3n) is 3.68. The van der Waals surface area contributed by atoms with E-state index in [4.69, 9.17) is 16.3 Å². The van der Waals surface area contributed by atoms with Gasteiger partial charge in [-0.2, -0.15) is 4.98 Å². The van der Waals surface area contributed by atoms with Crippen molar-refractivity contribution in [1.82, 2.24) is 15.3 Å². The van der Waals surface area contributed by atoms with Crippen LogP contribution < -0.4 is 15.0 Å². The lowest BCUT2D eigenvalue weighted by Crippen LogP contribution is -2.49. The second-order valence-corrected chi connectivity index (χ2v) is 5.96. The van der Waals surface area contributed by atoms with Gasteiger partial charge in [0.2, 0.25) is 0 Å². The number of anilines is 1. The Labute approximate surface area is 139 Å². The molecule has 0 bridgehead atoms. The topological polar surface area (TPSA) is 50.3 Å². The van der Waals surface area contributed by atoms with E-state index in [1.165, 1.54) is 6.07 Å². The Bertz CT molecular complexity index is 685. The van der Waals surface area contributed by atoms with Crippen molar-refractivity contribution in [3.63, 3.8) is 0 Å². The van der Waals surface area contributed by atoms with Crippen LogP contribution in [0.5, 0.6) is 6.01 Å². The lowest BCUT2D eigenvalue weighted by Gasteiger charge is -2.32. The first-order chi connectivity index (χ1) is 11.1. The van der Waals surface area contributed by atoms with Crippen molar-refractivity contribution < 1.29 is 9.13 Å². The van der Waals surface area contributed by atoms with E-state index in [2.05, 4.69) is 27.1 Å². The highest BCUT2D eigenvalue weighted by Crippen LogP contribution is 2.18. The van der Waals surface area contributed by atoms with Crippen LogP contribution in [-0.2, 0) is 6.61 Å². The zero-order valence-electron chi connectivity index (χ0n) is 12.8. The molecular weight excluding hydrogens is 319 g/mol. The Morgan fingerprint density at radius 2 is 2.30 bits per heavy atom. The third-order valence-corrected chi connectivity index (χ3v) is 3.92. The van der Waals surface area contributed by atoms with E-state index < -0.39 is 5.82 Å². The summed E-state index contributed by atoms with van der Waals surface area (Å²) in [5.41, 5.74) is 0.416. The summed E-state index contributed by atoms with van der Waals surface area (Å²) in [7, 11) is 0. The van der Waals surface area contributed by atoms with Crippen molar-refractivity contribution in [1.29, 1.82) is 0 Å². The van der Waals surface area contributed by atoms with Gasteiger partial charge >= 0.3 is 6.01 Å². The maximum Gasteiger partial charge on any atom is 0.318 e. The smallest absolute Gasteiger partial charge is 0.318 e. The highest BCUT2D eigenvalue weighted by Gasteiger charge is 2.17. The normalized spacial score (nSPS) is 18.0. The molecule has 0 amide bonds. The Morgan fingerprint density at radius 1 is 1.43 bits per heavy atom. The van der Waals surface area contributed by atoms with Crippen molar-refractivity contribution >= 4 is 17.4 Å². The highest BCUT2D eigenvalue weighted by atomic mass is 35.5. The SMILES string of the molecule is CC1CN(c2ccnc(OCc3ccc(Cl)cc3F)n2)CCN1. The van der Waals surface area contributed by atoms with Gasteiger partial charge in [0.05, 0.1) is 0 Å². The molecule has 122 valence electrons. The number of halogens is 2. The van der Waals surface area contributed by atoms with E-state index in [9.17, 15) is 4.39 Å². The molecule has 1 aliphatic heterocycles. The molecule has 2 aromatic rings. The van der Waals surface area contributed by atoms with Gasteiger partial charge in [0, 0.05) is 42.5 Å². The summed E-state index contributed by atoms with van der Waals surface area (Å²) < 4.78 is 19.3. The molecule has 0 spiro atoms. The molecule has 2 heterocycles. The summed E-state index contributed by atoms with van der Waals surface area (Å²) in [5, 5.41) is 3.74. The molecule has 1 aromatic carbocycles. The monoisotopic (exact) mass is 336 g/mol. The lowest BCUT2D eigenvalue weighted by molar-refractivity contribution is 0.275. The predicted molar refractivity (Wildman–Crippen MR) is 87.5 cm³/mol. The number of ether oxygens (including phenoxy) is 1. The van der Waals surface area contributed by atoms with Crippen LogP contribution in [0.15, 0.2) is 30.5 Å². The van der Waals surface area contributed by atoms with Gasteiger partial charge in [0.1, 0.15) is 18.2 Å². The van der Waals surface area contributed by atoms with E-state index in [1.54, 1.807) is 18.3 Å². The van der Waals surface area contributed by atoms with Gasteiger partial charge in [-0.1, -0.05) is 17.7 Å². The second kappa shape index (κ2) is 7.10. The van der Waals surface area contributed by atoms with Gasteiger partial charge in [-0.3, -0.25) is 0 Å². The fourth-order valence-electron chi connectivity index (χ4n) is 2.50. The van der Waals surface area contributed by atoms with Crippen LogP contribution in [0.3, 0.4) is 0 Å². The molecule has 3 rings (SSSR count). The molecule has 5 nitrogen and oxygen atoms in total. The van der Waals surface area contributed by atoms with Crippen LogP contribution in [0.4, 0.5) is 10.2 Å². The largest absolute Gasteiger partial charge is 0.458 e. The minimum absolute atomic E-state index is 0.0599. The summed E-state index contributed by atoms with van der Waals surface area (Å²) in [6, 6.07) is 6.99. The van der Waals surface area contributed by atoms with Gasteiger partial charge in [-0.15, -0.1) is 0 Å². The first-order valence-corrected chi connectivity index (χ1v) is 7.88. The minimum Gasteiger partial charge on any atom is -0.458 e. The maximum absolute atomic E-state index is 13.7. The van der Waals surface area contributed by atoms with Crippen LogP contribution in [0.25, 0.3) is 0 Å².